The van der Waals surface area contributed by atoms with E-state index in [1.54, 1.807) is 0 Å². The Morgan fingerprint density at radius 2 is 1.84 bits per heavy atom. The molecule has 0 saturated heterocycles. The monoisotopic (exact) mass is 251 g/mol. The lowest BCUT2D eigenvalue weighted by molar-refractivity contribution is 0.666. The van der Waals surface area contributed by atoms with Crippen molar-refractivity contribution in [1.29, 1.82) is 5.26 Å². The minimum Gasteiger partial charge on any atom is -0.325 e. The summed E-state index contributed by atoms with van der Waals surface area (Å²) in [5.41, 5.74) is 3.93. The van der Waals surface area contributed by atoms with E-state index in [0.29, 0.717) is 0 Å². The number of fused-ring (bicyclic) bond motifs is 1. The first-order valence-electron chi connectivity index (χ1n) is 6.55. The van der Waals surface area contributed by atoms with Gasteiger partial charge in [-0.1, -0.05) is 30.3 Å². The van der Waals surface area contributed by atoms with Gasteiger partial charge in [-0.3, -0.25) is 4.79 Å². The van der Waals surface area contributed by atoms with Gasteiger partial charge < -0.3 is 4.98 Å². The summed E-state index contributed by atoms with van der Waals surface area (Å²) >= 11 is 0. The molecular weight excluding hydrogens is 237 g/mol. The highest BCUT2D eigenvalue weighted by Gasteiger charge is 2.20. The average Bonchev–Trinajstić information content (AvgIpc) is 2.46. The topological polar surface area (TPSA) is 56.6 Å². The molecule has 1 aliphatic carbocycles. The van der Waals surface area contributed by atoms with Crippen LogP contribution in [-0.2, 0) is 12.8 Å². The second-order valence-electron chi connectivity index (χ2n) is 4.85. The smallest absolute Gasteiger partial charge is 0.266 e. The van der Waals surface area contributed by atoms with Crippen LogP contribution >= 0.6 is 0 Å². The predicted octanol–water partition coefficient (Wildman–Crippen LogP) is 2.79. The van der Waals surface area contributed by atoms with Gasteiger partial charge in [-0.2, -0.15) is 5.26 Å². The molecule has 94 valence electrons. The van der Waals surface area contributed by atoms with Gasteiger partial charge in [-0.05, 0) is 36.8 Å². The molecule has 1 aromatic carbocycles. The molecule has 0 atom stereocenters. The lowest BCUT2D eigenvalue weighted by atomic mass is 9.91. The Balaban J connectivity index is 2.36. The third-order valence-electron chi connectivity index (χ3n) is 3.69. The molecule has 1 aromatic heterocycles. The third-order valence-corrected chi connectivity index (χ3v) is 3.69. The van der Waals surface area contributed by atoms with E-state index in [1.807, 2.05) is 30.3 Å². The van der Waals surface area contributed by atoms with Gasteiger partial charge in [0.05, 0.1) is 0 Å². The number of rotatable bonds is 1. The molecule has 0 fully saturated rings. The molecule has 0 aliphatic heterocycles. The number of nitriles is 1. The summed E-state index contributed by atoms with van der Waals surface area (Å²) in [7, 11) is 0. The van der Waals surface area contributed by atoms with Crippen molar-refractivity contribution in [1.82, 2.24) is 4.98 Å². The number of hydrogen-bond donors (Lipinski definition) is 1. The average molecular weight is 251 g/mol. The Morgan fingerprint density at radius 1 is 1.11 bits per heavy atom. The second kappa shape index (κ2) is 4.74. The highest BCUT2D eigenvalue weighted by molar-refractivity contribution is 5.74. The van der Waals surface area contributed by atoms with Gasteiger partial charge >= 0.3 is 0 Å². The fourth-order valence-corrected chi connectivity index (χ4v) is 2.81. The molecule has 19 heavy (non-hydrogen) atoms. The number of aryl methyl sites for hydroxylation is 1. The molecule has 0 saturated carbocycles. The van der Waals surface area contributed by atoms with Crippen LogP contribution in [0.15, 0.2) is 35.1 Å². The van der Waals surface area contributed by atoms with Gasteiger partial charge in [0.15, 0.2) is 0 Å². The van der Waals surface area contributed by atoms with E-state index in [-0.39, 0.29) is 11.1 Å². The first-order valence-corrected chi connectivity index (χ1v) is 6.55. The number of hydrogen-bond acceptors (Lipinski definition) is 2. The maximum absolute atomic E-state index is 12.0. The molecule has 1 heterocycles. The normalized spacial score (nSPS) is 13.6. The maximum atomic E-state index is 12.0. The van der Waals surface area contributed by atoms with Crippen LogP contribution in [0.4, 0.5) is 0 Å². The fourth-order valence-electron chi connectivity index (χ4n) is 2.81. The van der Waals surface area contributed by atoms with E-state index in [0.717, 1.165) is 48.1 Å². The van der Waals surface area contributed by atoms with Gasteiger partial charge in [0.2, 0.25) is 0 Å². The van der Waals surface area contributed by atoms with Crippen molar-refractivity contribution in [2.75, 3.05) is 0 Å². The number of nitrogens with one attached hydrogen (secondary N) is 1. The molecule has 2 aromatic rings. The Morgan fingerprint density at radius 3 is 2.58 bits per heavy atom. The fraction of sp³-hybridized carbons (Fsp3) is 0.250. The summed E-state index contributed by atoms with van der Waals surface area (Å²) in [4.78, 5) is 14.9. The minimum atomic E-state index is -0.262. The molecule has 0 spiro atoms. The van der Waals surface area contributed by atoms with Gasteiger partial charge in [-0.25, -0.2) is 0 Å². The zero-order chi connectivity index (χ0) is 13.2. The molecule has 3 heteroatoms. The summed E-state index contributed by atoms with van der Waals surface area (Å²) < 4.78 is 0. The zero-order valence-electron chi connectivity index (χ0n) is 10.6. The van der Waals surface area contributed by atoms with Crippen molar-refractivity contribution in [3.8, 4) is 17.2 Å². The van der Waals surface area contributed by atoms with E-state index in [2.05, 4.69) is 11.1 Å². The number of pyridine rings is 1. The van der Waals surface area contributed by atoms with Crippen molar-refractivity contribution in [2.45, 2.75) is 25.7 Å². The Hall–Kier alpha value is -2.34. The van der Waals surface area contributed by atoms with Crippen LogP contribution in [-0.4, -0.2) is 4.98 Å². The van der Waals surface area contributed by atoms with E-state index < -0.39 is 0 Å². The molecule has 0 bridgehead atoms. The SMILES string of the molecule is N#C[13c]1c(-c2ccccc2)c2c([nH]c1=O)CCCC2. The number of benzene rings is 1. The van der Waals surface area contributed by atoms with Crippen LogP contribution < -0.4 is 5.56 Å². The Bertz CT molecular complexity index is 708. The van der Waals surface area contributed by atoms with Gasteiger partial charge in [0.1, 0.15) is 11.6 Å². The molecule has 0 amide bonds. The van der Waals surface area contributed by atoms with Crippen molar-refractivity contribution >= 4 is 0 Å². The van der Waals surface area contributed by atoms with Crippen LogP contribution in [0, 0.1) is 11.3 Å². The van der Waals surface area contributed by atoms with Crippen LogP contribution in [0.3, 0.4) is 0 Å². The second-order valence-corrected chi connectivity index (χ2v) is 4.85. The third kappa shape index (κ3) is 1.96. The lowest BCUT2D eigenvalue weighted by Crippen LogP contribution is -2.20. The highest BCUT2D eigenvalue weighted by Crippen LogP contribution is 2.31. The van der Waals surface area contributed by atoms with Crippen molar-refractivity contribution < 1.29 is 0 Å². The molecule has 3 rings (SSSR count). The maximum Gasteiger partial charge on any atom is 0.266 e. The van der Waals surface area contributed by atoms with E-state index in [4.69, 9.17) is 0 Å². The molecule has 1 N–H and O–H groups in total. The molecule has 1 aliphatic rings. The van der Waals surface area contributed by atoms with Crippen LogP contribution in [0.1, 0.15) is 29.7 Å². The quantitative estimate of drug-likeness (QED) is 0.847. The van der Waals surface area contributed by atoms with Gasteiger partial charge in [0.25, 0.3) is 5.56 Å². The first kappa shape index (κ1) is 11.7. The molecule has 0 radical (unpaired) electrons. The van der Waals surface area contributed by atoms with Gasteiger partial charge in [-0.15, -0.1) is 0 Å². The largest absolute Gasteiger partial charge is 0.325 e. The van der Waals surface area contributed by atoms with Crippen LogP contribution in [0.2, 0.25) is 0 Å². The summed E-state index contributed by atoms with van der Waals surface area (Å²) in [5, 5.41) is 9.29. The van der Waals surface area contributed by atoms with E-state index in [9.17, 15) is 10.1 Å². The first-order chi connectivity index (χ1) is 9.31. The number of nitrogens with zero attached hydrogens (tertiary/aromatic N) is 1. The van der Waals surface area contributed by atoms with E-state index >= 15 is 0 Å². The predicted molar refractivity (Wildman–Crippen MR) is 73.9 cm³/mol. The van der Waals surface area contributed by atoms with Crippen molar-refractivity contribution in [3.63, 3.8) is 0 Å². The number of aromatic amines is 1. The van der Waals surface area contributed by atoms with Crippen molar-refractivity contribution in [2.24, 2.45) is 0 Å². The number of aromatic nitrogens is 1. The van der Waals surface area contributed by atoms with Crippen molar-refractivity contribution in [3.05, 3.63) is 57.5 Å². The summed E-state index contributed by atoms with van der Waals surface area (Å²) in [6.07, 6.45) is 4.05. The minimum absolute atomic E-state index is 0.242. The summed E-state index contributed by atoms with van der Waals surface area (Å²) in [6.45, 7) is 0. The lowest BCUT2D eigenvalue weighted by Gasteiger charge is -2.20. The molecule has 3 nitrogen and oxygen atoms in total. The van der Waals surface area contributed by atoms with Crippen LogP contribution in [0.25, 0.3) is 11.1 Å². The standard InChI is InChI=1S/C16H14N2O/c17-10-13-15(11-6-2-1-3-7-11)12-8-4-5-9-14(12)18-16(13)19/h1-3,6-7H,4-5,8-9H2,(H,18,19)/i13+1. The van der Waals surface area contributed by atoms with Crippen LogP contribution in [0.5, 0.6) is 0 Å². The number of H-pyrrole nitrogens is 1. The summed E-state index contributed by atoms with van der Waals surface area (Å²) in [6, 6.07) is 11.8. The van der Waals surface area contributed by atoms with Gasteiger partial charge in [0, 0.05) is 11.3 Å². The Kier molecular flexibility index (Phi) is 2.92. The zero-order valence-corrected chi connectivity index (χ0v) is 10.6. The molecular formula is C16H14N2O. The Labute approximate surface area is 111 Å². The summed E-state index contributed by atoms with van der Waals surface area (Å²) in [5.74, 6) is 0. The highest BCUT2D eigenvalue weighted by atomic mass is 16.1. The van der Waals surface area contributed by atoms with E-state index in [1.165, 1.54) is 0 Å². The molecule has 0 unspecified atom stereocenters.